The number of carbonyl (C=O) groups is 2. The number of amides is 2. The molecule has 0 spiro atoms. The van der Waals surface area contributed by atoms with Crippen LogP contribution in [0.4, 0.5) is 10.1 Å². The number of carbonyl (C=O) groups excluding carboxylic acids is 2. The molecule has 0 aliphatic carbocycles. The van der Waals surface area contributed by atoms with Crippen LogP contribution in [-0.4, -0.2) is 50.6 Å². The van der Waals surface area contributed by atoms with E-state index in [0.29, 0.717) is 17.2 Å². The van der Waals surface area contributed by atoms with Crippen LogP contribution in [0.2, 0.25) is 0 Å². The SMILES string of the molecule is COc1ccc([C@@H]2CCCN2CC(=O)N(CCC(N)=O)c2ccc(F)cc2)c(OC)c1. The number of hydrogen-bond donors (Lipinski definition) is 1. The number of rotatable bonds is 9. The number of hydrogen-bond acceptors (Lipinski definition) is 5. The fraction of sp³-hybridized carbons (Fsp3) is 0.391. The van der Waals surface area contributed by atoms with Gasteiger partial charge in [0.05, 0.1) is 20.8 Å². The fourth-order valence-corrected chi connectivity index (χ4v) is 3.96. The molecule has 2 aromatic carbocycles. The molecule has 2 N–H and O–H groups in total. The molecule has 0 bridgehead atoms. The lowest BCUT2D eigenvalue weighted by Gasteiger charge is -2.29. The Morgan fingerprint density at radius 2 is 1.90 bits per heavy atom. The molecule has 1 atom stereocenters. The molecule has 0 radical (unpaired) electrons. The van der Waals surface area contributed by atoms with E-state index >= 15 is 0 Å². The second-order valence-corrected chi connectivity index (χ2v) is 7.47. The van der Waals surface area contributed by atoms with Crippen molar-refractivity contribution in [1.82, 2.24) is 4.90 Å². The summed E-state index contributed by atoms with van der Waals surface area (Å²) in [4.78, 5) is 28.1. The zero-order chi connectivity index (χ0) is 22.4. The van der Waals surface area contributed by atoms with Gasteiger partial charge in [-0.25, -0.2) is 4.39 Å². The van der Waals surface area contributed by atoms with Gasteiger partial charge in [0.1, 0.15) is 17.3 Å². The fourth-order valence-electron chi connectivity index (χ4n) is 3.96. The largest absolute Gasteiger partial charge is 0.497 e. The minimum absolute atomic E-state index is 0.0241. The monoisotopic (exact) mass is 429 g/mol. The standard InChI is InChI=1S/C23H28FN3O4/c1-30-18-9-10-19(21(14-18)31-2)20-4-3-12-26(20)15-23(29)27(13-11-22(25)28)17-7-5-16(24)6-8-17/h5-10,14,20H,3-4,11-13,15H2,1-2H3,(H2,25,28)/t20-/m0/s1. The van der Waals surface area contributed by atoms with Crippen molar-refractivity contribution in [2.24, 2.45) is 5.73 Å². The van der Waals surface area contributed by atoms with E-state index in [9.17, 15) is 14.0 Å². The number of nitrogens with zero attached hydrogens (tertiary/aromatic N) is 2. The predicted molar refractivity (Wildman–Crippen MR) is 116 cm³/mol. The Kier molecular flexibility index (Phi) is 7.46. The maximum absolute atomic E-state index is 13.4. The quantitative estimate of drug-likeness (QED) is 0.663. The van der Waals surface area contributed by atoms with Crippen molar-refractivity contribution in [3.63, 3.8) is 0 Å². The second-order valence-electron chi connectivity index (χ2n) is 7.47. The summed E-state index contributed by atoms with van der Waals surface area (Å²) in [6, 6.07) is 11.4. The Morgan fingerprint density at radius 3 is 2.55 bits per heavy atom. The van der Waals surface area contributed by atoms with Crippen LogP contribution < -0.4 is 20.1 Å². The number of likely N-dealkylation sites (tertiary alicyclic amines) is 1. The van der Waals surface area contributed by atoms with Gasteiger partial charge in [0.2, 0.25) is 11.8 Å². The second kappa shape index (κ2) is 10.3. The van der Waals surface area contributed by atoms with Crippen LogP contribution in [0.5, 0.6) is 11.5 Å². The molecule has 1 heterocycles. The number of primary amides is 1. The van der Waals surface area contributed by atoms with Crippen molar-refractivity contribution in [2.75, 3.05) is 38.8 Å². The third-order valence-corrected chi connectivity index (χ3v) is 5.52. The first-order chi connectivity index (χ1) is 14.9. The lowest BCUT2D eigenvalue weighted by Crippen LogP contribution is -2.41. The summed E-state index contributed by atoms with van der Waals surface area (Å²) in [7, 11) is 3.22. The van der Waals surface area contributed by atoms with Crippen molar-refractivity contribution in [2.45, 2.75) is 25.3 Å². The lowest BCUT2D eigenvalue weighted by atomic mass is 10.0. The molecule has 166 valence electrons. The highest BCUT2D eigenvalue weighted by Gasteiger charge is 2.31. The highest BCUT2D eigenvalue weighted by Crippen LogP contribution is 2.38. The average Bonchev–Trinajstić information content (AvgIpc) is 3.22. The minimum atomic E-state index is -0.498. The highest BCUT2D eigenvalue weighted by molar-refractivity contribution is 5.95. The van der Waals surface area contributed by atoms with E-state index in [4.69, 9.17) is 15.2 Å². The third-order valence-electron chi connectivity index (χ3n) is 5.52. The van der Waals surface area contributed by atoms with Gasteiger partial charge in [0.15, 0.2) is 0 Å². The van der Waals surface area contributed by atoms with E-state index in [1.807, 2.05) is 18.2 Å². The van der Waals surface area contributed by atoms with Crippen molar-refractivity contribution in [3.8, 4) is 11.5 Å². The molecule has 0 unspecified atom stereocenters. The maximum Gasteiger partial charge on any atom is 0.241 e. The molecule has 8 heteroatoms. The van der Waals surface area contributed by atoms with Crippen LogP contribution in [0, 0.1) is 5.82 Å². The summed E-state index contributed by atoms with van der Waals surface area (Å²) in [5, 5.41) is 0. The van der Waals surface area contributed by atoms with Gasteiger partial charge >= 0.3 is 0 Å². The number of nitrogens with two attached hydrogens (primary N) is 1. The van der Waals surface area contributed by atoms with Crippen LogP contribution in [0.15, 0.2) is 42.5 Å². The van der Waals surface area contributed by atoms with Crippen molar-refractivity contribution in [1.29, 1.82) is 0 Å². The van der Waals surface area contributed by atoms with E-state index in [1.54, 1.807) is 14.2 Å². The molecular formula is C23H28FN3O4. The predicted octanol–water partition coefficient (Wildman–Crippen LogP) is 2.89. The molecular weight excluding hydrogens is 401 g/mol. The molecule has 0 aromatic heterocycles. The Bertz CT molecular complexity index is 920. The Balaban J connectivity index is 1.80. The van der Waals surface area contributed by atoms with Crippen LogP contribution in [-0.2, 0) is 9.59 Å². The van der Waals surface area contributed by atoms with Crippen LogP contribution in [0.1, 0.15) is 30.9 Å². The van der Waals surface area contributed by atoms with E-state index in [-0.39, 0.29) is 31.5 Å². The van der Waals surface area contributed by atoms with Gasteiger partial charge in [0.25, 0.3) is 0 Å². The summed E-state index contributed by atoms with van der Waals surface area (Å²) >= 11 is 0. The van der Waals surface area contributed by atoms with Crippen molar-refractivity contribution >= 4 is 17.5 Å². The molecule has 31 heavy (non-hydrogen) atoms. The van der Waals surface area contributed by atoms with Crippen LogP contribution >= 0.6 is 0 Å². The van der Waals surface area contributed by atoms with Gasteiger partial charge in [-0.3, -0.25) is 14.5 Å². The Morgan fingerprint density at radius 1 is 1.16 bits per heavy atom. The van der Waals surface area contributed by atoms with Gasteiger partial charge in [-0.2, -0.15) is 0 Å². The van der Waals surface area contributed by atoms with Crippen LogP contribution in [0.3, 0.4) is 0 Å². The summed E-state index contributed by atoms with van der Waals surface area (Å²) in [5.41, 5.74) is 6.82. The Hall–Kier alpha value is -3.13. The molecule has 1 saturated heterocycles. The summed E-state index contributed by atoms with van der Waals surface area (Å²) in [5.74, 6) is 0.356. The topological polar surface area (TPSA) is 85.1 Å². The zero-order valence-electron chi connectivity index (χ0n) is 17.8. The first kappa shape index (κ1) is 22.6. The molecule has 1 aliphatic heterocycles. The van der Waals surface area contributed by atoms with E-state index < -0.39 is 11.7 Å². The summed E-state index contributed by atoms with van der Waals surface area (Å²) < 4.78 is 24.2. The van der Waals surface area contributed by atoms with Crippen molar-refractivity contribution in [3.05, 3.63) is 53.8 Å². The Labute approximate surface area is 181 Å². The van der Waals surface area contributed by atoms with Gasteiger partial charge in [-0.05, 0) is 49.7 Å². The average molecular weight is 429 g/mol. The normalized spacial score (nSPS) is 16.2. The summed E-state index contributed by atoms with van der Waals surface area (Å²) in [6.45, 7) is 1.07. The van der Waals surface area contributed by atoms with Gasteiger partial charge in [0, 0.05) is 36.3 Å². The van der Waals surface area contributed by atoms with Gasteiger partial charge in [-0.15, -0.1) is 0 Å². The summed E-state index contributed by atoms with van der Waals surface area (Å²) in [6.07, 6.45) is 1.87. The lowest BCUT2D eigenvalue weighted by molar-refractivity contribution is -0.120. The van der Waals surface area contributed by atoms with E-state index in [1.165, 1.54) is 29.2 Å². The molecule has 1 fully saturated rings. The van der Waals surface area contributed by atoms with Crippen molar-refractivity contribution < 1.29 is 23.5 Å². The number of anilines is 1. The van der Waals surface area contributed by atoms with Gasteiger partial charge in [-0.1, -0.05) is 6.07 Å². The molecule has 7 nitrogen and oxygen atoms in total. The third kappa shape index (κ3) is 5.52. The molecule has 2 amide bonds. The molecule has 3 rings (SSSR count). The number of ether oxygens (including phenoxy) is 2. The molecule has 2 aromatic rings. The number of methoxy groups -OCH3 is 2. The number of halogens is 1. The number of benzene rings is 2. The zero-order valence-corrected chi connectivity index (χ0v) is 17.8. The van der Waals surface area contributed by atoms with Gasteiger partial charge < -0.3 is 20.1 Å². The van der Waals surface area contributed by atoms with E-state index in [0.717, 1.165) is 24.9 Å². The first-order valence-electron chi connectivity index (χ1n) is 10.2. The van der Waals surface area contributed by atoms with Crippen LogP contribution in [0.25, 0.3) is 0 Å². The molecule has 1 aliphatic rings. The first-order valence-corrected chi connectivity index (χ1v) is 10.2. The minimum Gasteiger partial charge on any atom is -0.497 e. The molecule has 0 saturated carbocycles. The smallest absolute Gasteiger partial charge is 0.241 e. The van der Waals surface area contributed by atoms with E-state index in [2.05, 4.69) is 4.90 Å². The maximum atomic E-state index is 13.4. The highest BCUT2D eigenvalue weighted by atomic mass is 19.1.